The number of aromatic nitrogens is 4. The predicted molar refractivity (Wildman–Crippen MR) is 128 cm³/mol. The van der Waals surface area contributed by atoms with Crippen LogP contribution in [-0.2, 0) is 4.79 Å². The van der Waals surface area contributed by atoms with Crippen LogP contribution in [0.3, 0.4) is 0 Å². The normalized spacial score (nSPS) is 19.1. The van der Waals surface area contributed by atoms with Gasteiger partial charge in [0.25, 0.3) is 5.91 Å². The maximum absolute atomic E-state index is 12.0. The van der Waals surface area contributed by atoms with Gasteiger partial charge in [-0.2, -0.15) is 24.8 Å². The van der Waals surface area contributed by atoms with Gasteiger partial charge in [0.1, 0.15) is 5.70 Å². The van der Waals surface area contributed by atoms with Crippen molar-refractivity contribution in [3.05, 3.63) is 47.3 Å². The molecule has 3 aromatic rings. The number of carbonyl (C=O) groups excluding carboxylic acids is 2. The van der Waals surface area contributed by atoms with Crippen LogP contribution in [0.25, 0.3) is 11.7 Å². The highest BCUT2D eigenvalue weighted by atomic mass is 16.2. The molecular formula is C23H22N10O2. The van der Waals surface area contributed by atoms with Gasteiger partial charge in [-0.05, 0) is 43.2 Å². The monoisotopic (exact) mass is 470 g/mol. The Balaban J connectivity index is 1.28. The van der Waals surface area contributed by atoms with Crippen LogP contribution in [0.2, 0.25) is 0 Å². The fourth-order valence-corrected chi connectivity index (χ4v) is 4.18. The molecule has 1 aliphatic carbocycles. The minimum absolute atomic E-state index is 0.151. The third kappa shape index (κ3) is 4.08. The lowest BCUT2D eigenvalue weighted by atomic mass is 10.2. The number of imide groups is 1. The van der Waals surface area contributed by atoms with Crippen LogP contribution < -0.4 is 25.8 Å². The van der Waals surface area contributed by atoms with Crippen LogP contribution in [-0.4, -0.2) is 63.7 Å². The van der Waals surface area contributed by atoms with Crippen LogP contribution in [0.4, 0.5) is 22.4 Å². The number of piperazine rings is 1. The van der Waals surface area contributed by atoms with Gasteiger partial charge in [0.2, 0.25) is 11.9 Å². The molecule has 2 saturated heterocycles. The summed E-state index contributed by atoms with van der Waals surface area (Å²) in [5, 5.41) is 21.6. The number of nitrogens with one attached hydrogen (secondary N) is 3. The molecule has 35 heavy (non-hydrogen) atoms. The summed E-state index contributed by atoms with van der Waals surface area (Å²) in [6.45, 7) is 3.02. The molecule has 3 fully saturated rings. The van der Waals surface area contributed by atoms with Gasteiger partial charge in [0, 0.05) is 43.5 Å². The molecular weight excluding hydrogens is 448 g/mol. The van der Waals surface area contributed by atoms with Gasteiger partial charge >= 0.3 is 6.03 Å². The molecule has 6 rings (SSSR count). The molecule has 0 unspecified atom stereocenters. The second-order valence-corrected chi connectivity index (χ2v) is 8.70. The van der Waals surface area contributed by atoms with Crippen LogP contribution in [0.15, 0.2) is 36.2 Å². The van der Waals surface area contributed by atoms with Crippen molar-refractivity contribution >= 4 is 41.2 Å². The van der Waals surface area contributed by atoms with Gasteiger partial charge in [0.15, 0.2) is 5.65 Å². The smallest absolute Gasteiger partial charge is 0.326 e. The maximum atomic E-state index is 12.0. The van der Waals surface area contributed by atoms with Crippen molar-refractivity contribution in [2.75, 3.05) is 41.3 Å². The van der Waals surface area contributed by atoms with E-state index in [2.05, 4.69) is 36.9 Å². The average molecular weight is 470 g/mol. The Morgan fingerprint density at radius 3 is 2.43 bits per heavy atom. The minimum Gasteiger partial charge on any atom is -0.368 e. The Bertz CT molecular complexity index is 1390. The van der Waals surface area contributed by atoms with Crippen molar-refractivity contribution in [2.45, 2.75) is 18.9 Å². The zero-order valence-electron chi connectivity index (χ0n) is 18.7. The summed E-state index contributed by atoms with van der Waals surface area (Å²) in [5.74, 6) is 0.700. The van der Waals surface area contributed by atoms with Gasteiger partial charge in [-0.1, -0.05) is 0 Å². The number of fused-ring (bicyclic) bond motifs is 1. The van der Waals surface area contributed by atoms with Crippen LogP contribution in [0.5, 0.6) is 0 Å². The number of amides is 3. The maximum Gasteiger partial charge on any atom is 0.326 e. The second-order valence-electron chi connectivity index (χ2n) is 8.70. The zero-order chi connectivity index (χ0) is 23.9. The Labute approximate surface area is 200 Å². The molecule has 4 heterocycles. The summed E-state index contributed by atoms with van der Waals surface area (Å²) < 4.78 is 1.63. The molecule has 2 aromatic heterocycles. The number of hydrogen-bond acceptors (Lipinski definition) is 9. The van der Waals surface area contributed by atoms with E-state index in [-0.39, 0.29) is 5.70 Å². The number of nitrogens with zero attached hydrogens (tertiary/aromatic N) is 7. The van der Waals surface area contributed by atoms with E-state index in [1.165, 1.54) is 0 Å². The van der Waals surface area contributed by atoms with Crippen molar-refractivity contribution in [3.8, 4) is 6.07 Å². The average Bonchev–Trinajstić information content (AvgIpc) is 3.52. The number of anilines is 3. The highest BCUT2D eigenvalue weighted by Gasteiger charge is 2.27. The molecule has 1 saturated carbocycles. The third-order valence-corrected chi connectivity index (χ3v) is 6.24. The van der Waals surface area contributed by atoms with E-state index in [0.29, 0.717) is 34.7 Å². The topological polar surface area (TPSA) is 144 Å². The Hall–Kier alpha value is -4.66. The van der Waals surface area contributed by atoms with E-state index in [4.69, 9.17) is 15.2 Å². The summed E-state index contributed by atoms with van der Waals surface area (Å²) in [6.07, 6.45) is 5.34. The van der Waals surface area contributed by atoms with Crippen molar-refractivity contribution < 1.29 is 9.59 Å². The lowest BCUT2D eigenvalue weighted by molar-refractivity contribution is -0.115. The molecule has 0 radical (unpaired) electrons. The van der Waals surface area contributed by atoms with E-state index >= 15 is 0 Å². The van der Waals surface area contributed by atoms with Gasteiger partial charge in [-0.25, -0.2) is 4.79 Å². The quantitative estimate of drug-likeness (QED) is 0.368. The molecule has 0 spiro atoms. The number of hydrogen-bond donors (Lipinski definition) is 3. The van der Waals surface area contributed by atoms with Crippen LogP contribution in [0, 0.1) is 11.3 Å². The molecule has 1 aromatic carbocycles. The van der Waals surface area contributed by atoms with E-state index in [9.17, 15) is 9.59 Å². The molecule has 176 valence electrons. The predicted octanol–water partition coefficient (Wildman–Crippen LogP) is 1.08. The van der Waals surface area contributed by atoms with E-state index in [1.807, 2.05) is 24.3 Å². The number of nitriles is 1. The Kier molecular flexibility index (Phi) is 4.95. The molecule has 12 heteroatoms. The highest BCUT2D eigenvalue weighted by Crippen LogP contribution is 2.27. The fraction of sp³-hybridized carbons (Fsp3) is 0.304. The summed E-state index contributed by atoms with van der Waals surface area (Å²) in [4.78, 5) is 37.5. The SMILES string of the molecule is N#Cc1ccc(N2CCN(c3nc(NC4CC4)n4ncc(/C=C5\NC(=O)NC5=O)c4n3)CC2)cc1. The first-order valence-electron chi connectivity index (χ1n) is 11.4. The Morgan fingerprint density at radius 1 is 1.03 bits per heavy atom. The van der Waals surface area contributed by atoms with Crippen LogP contribution >= 0.6 is 0 Å². The molecule has 3 aliphatic rings. The van der Waals surface area contributed by atoms with Gasteiger partial charge < -0.3 is 20.4 Å². The summed E-state index contributed by atoms with van der Waals surface area (Å²) in [7, 11) is 0. The molecule has 12 nitrogen and oxygen atoms in total. The fourth-order valence-electron chi connectivity index (χ4n) is 4.18. The van der Waals surface area contributed by atoms with Crippen molar-refractivity contribution in [1.82, 2.24) is 30.2 Å². The van der Waals surface area contributed by atoms with E-state index in [1.54, 1.807) is 16.8 Å². The van der Waals surface area contributed by atoms with Crippen molar-refractivity contribution in [2.24, 2.45) is 0 Å². The lowest BCUT2D eigenvalue weighted by Crippen LogP contribution is -2.47. The summed E-state index contributed by atoms with van der Waals surface area (Å²) in [6, 6.07) is 9.56. The first kappa shape index (κ1) is 20.9. The first-order valence-corrected chi connectivity index (χ1v) is 11.4. The largest absolute Gasteiger partial charge is 0.368 e. The van der Waals surface area contributed by atoms with Crippen molar-refractivity contribution in [1.29, 1.82) is 5.26 Å². The Morgan fingerprint density at radius 2 is 1.77 bits per heavy atom. The van der Waals surface area contributed by atoms with Crippen molar-refractivity contribution in [3.63, 3.8) is 0 Å². The number of rotatable bonds is 5. The van der Waals surface area contributed by atoms with Gasteiger partial charge in [-0.3, -0.25) is 10.1 Å². The molecule has 0 bridgehead atoms. The zero-order valence-corrected chi connectivity index (χ0v) is 18.7. The lowest BCUT2D eigenvalue weighted by Gasteiger charge is -2.36. The minimum atomic E-state index is -0.552. The highest BCUT2D eigenvalue weighted by molar-refractivity contribution is 6.14. The van der Waals surface area contributed by atoms with E-state index < -0.39 is 11.9 Å². The molecule has 3 amide bonds. The number of benzene rings is 1. The first-order chi connectivity index (χ1) is 17.1. The van der Waals surface area contributed by atoms with Gasteiger partial charge in [-0.15, -0.1) is 0 Å². The second kappa shape index (κ2) is 8.28. The van der Waals surface area contributed by atoms with E-state index in [0.717, 1.165) is 44.7 Å². The van der Waals surface area contributed by atoms with Gasteiger partial charge in [0.05, 0.1) is 17.8 Å². The standard InChI is InChI=1S/C23H22N10O2/c24-12-14-1-5-17(6-2-14)31-7-9-32(10-8-31)21-28-19-15(11-18-20(34)29-23(35)27-18)13-25-33(19)22(30-21)26-16-3-4-16/h1-2,5-6,11,13,16H,3-4,7-10H2,(H,26,28,30)(H2,27,29,34,35)/b18-11-. The number of carbonyl (C=O) groups is 2. The number of urea groups is 1. The summed E-state index contributed by atoms with van der Waals surface area (Å²) >= 11 is 0. The third-order valence-electron chi connectivity index (χ3n) is 6.24. The molecule has 0 atom stereocenters. The van der Waals surface area contributed by atoms with Crippen LogP contribution in [0.1, 0.15) is 24.0 Å². The molecule has 3 N–H and O–H groups in total. The molecule has 2 aliphatic heterocycles. The summed E-state index contributed by atoms with van der Waals surface area (Å²) in [5.41, 5.74) is 3.03.